The van der Waals surface area contributed by atoms with Crippen LogP contribution in [0.15, 0.2) is 48.6 Å². The third kappa shape index (κ3) is 39.7. The van der Waals surface area contributed by atoms with E-state index in [2.05, 4.69) is 62.5 Å². The van der Waals surface area contributed by atoms with Gasteiger partial charge < -0.3 is 27.9 Å². The number of hydrogen-bond donors (Lipinski definition) is 0. The number of allylic oxidation sites excluding steroid dienone is 8. The molecule has 0 bridgehead atoms. The predicted octanol–water partition coefficient (Wildman–Crippen LogP) is 11.4. The average Bonchev–Trinajstić information content (AvgIpc) is 3.09. The summed E-state index contributed by atoms with van der Waals surface area (Å²) >= 11 is 0. The molecule has 0 heterocycles. The third-order valence-corrected chi connectivity index (χ3v) is 9.58. The SMILES string of the molecule is CC/C=C\C/C=C\C/C=C\CCCCCCOCC(COP(=O)([O-])OCC[N+](C)(C)C)OC(=O)CCCCCCC/C=C\CCCCCCCCC. The van der Waals surface area contributed by atoms with Crippen molar-refractivity contribution in [3.8, 4) is 0 Å². The molecule has 0 N–H and O–H groups in total. The molecule has 0 radical (unpaired) electrons. The zero-order valence-corrected chi connectivity index (χ0v) is 35.1. The van der Waals surface area contributed by atoms with Crippen LogP contribution in [-0.4, -0.2) is 70.7 Å². The topological polar surface area (TPSA) is 94.1 Å². The molecule has 0 aromatic carbocycles. The van der Waals surface area contributed by atoms with E-state index in [-0.39, 0.29) is 25.8 Å². The summed E-state index contributed by atoms with van der Waals surface area (Å²) in [6.07, 6.45) is 42.6. The molecular weight excluding hydrogens is 673 g/mol. The highest BCUT2D eigenvalue weighted by Gasteiger charge is 2.20. The minimum atomic E-state index is -4.53. The predicted molar refractivity (Wildman–Crippen MR) is 217 cm³/mol. The van der Waals surface area contributed by atoms with Gasteiger partial charge in [-0.25, -0.2) is 0 Å². The number of hydrogen-bond acceptors (Lipinski definition) is 7. The Labute approximate surface area is 320 Å². The van der Waals surface area contributed by atoms with Gasteiger partial charge in [-0.1, -0.05) is 133 Å². The average molecular weight is 754 g/mol. The lowest BCUT2D eigenvalue weighted by Gasteiger charge is -2.28. The van der Waals surface area contributed by atoms with E-state index < -0.39 is 13.9 Å². The van der Waals surface area contributed by atoms with Gasteiger partial charge in [-0.15, -0.1) is 0 Å². The van der Waals surface area contributed by atoms with Crippen molar-refractivity contribution in [3.63, 3.8) is 0 Å². The summed E-state index contributed by atoms with van der Waals surface area (Å²) < 4.78 is 34.5. The number of rotatable bonds is 38. The van der Waals surface area contributed by atoms with Crippen LogP contribution in [0, 0.1) is 0 Å². The number of phosphoric ester groups is 1. The molecular formula is C43H80NO7P. The molecule has 2 unspecified atom stereocenters. The van der Waals surface area contributed by atoms with Crippen molar-refractivity contribution in [3.05, 3.63) is 48.6 Å². The van der Waals surface area contributed by atoms with E-state index >= 15 is 0 Å². The highest BCUT2D eigenvalue weighted by Crippen LogP contribution is 2.38. The van der Waals surface area contributed by atoms with Crippen molar-refractivity contribution < 1.29 is 37.3 Å². The lowest BCUT2D eigenvalue weighted by Crippen LogP contribution is -2.37. The van der Waals surface area contributed by atoms with Crippen molar-refractivity contribution in [1.29, 1.82) is 0 Å². The monoisotopic (exact) mass is 754 g/mol. The molecule has 304 valence electrons. The van der Waals surface area contributed by atoms with Gasteiger partial charge in [-0.05, 0) is 70.6 Å². The van der Waals surface area contributed by atoms with E-state index in [1.54, 1.807) is 0 Å². The molecule has 0 aliphatic carbocycles. The van der Waals surface area contributed by atoms with Gasteiger partial charge in [-0.2, -0.15) is 0 Å². The van der Waals surface area contributed by atoms with Crippen molar-refractivity contribution in [2.75, 3.05) is 54.1 Å². The molecule has 0 fully saturated rings. The van der Waals surface area contributed by atoms with Crippen molar-refractivity contribution in [1.82, 2.24) is 0 Å². The lowest BCUT2D eigenvalue weighted by molar-refractivity contribution is -0.870. The molecule has 0 aliphatic heterocycles. The van der Waals surface area contributed by atoms with Crippen LogP contribution in [-0.2, 0) is 27.9 Å². The maximum absolute atomic E-state index is 12.6. The number of ether oxygens (including phenoxy) is 2. The number of unbranched alkanes of at least 4 members (excludes halogenated alkanes) is 16. The summed E-state index contributed by atoms with van der Waals surface area (Å²) in [5, 5.41) is 0. The molecule has 0 saturated carbocycles. The zero-order chi connectivity index (χ0) is 38.4. The van der Waals surface area contributed by atoms with E-state index in [1.807, 2.05) is 21.1 Å². The van der Waals surface area contributed by atoms with Gasteiger partial charge in [0.15, 0.2) is 0 Å². The number of nitrogens with zero attached hydrogens (tertiary/aromatic N) is 1. The fourth-order valence-electron chi connectivity index (χ4n) is 5.38. The number of carbonyl (C=O) groups is 1. The van der Waals surface area contributed by atoms with Crippen LogP contribution in [0.25, 0.3) is 0 Å². The zero-order valence-electron chi connectivity index (χ0n) is 34.2. The van der Waals surface area contributed by atoms with Gasteiger partial charge in [0, 0.05) is 13.0 Å². The molecule has 0 spiro atoms. The summed E-state index contributed by atoms with van der Waals surface area (Å²) in [5.41, 5.74) is 0. The van der Waals surface area contributed by atoms with Crippen molar-refractivity contribution >= 4 is 13.8 Å². The molecule has 9 heteroatoms. The van der Waals surface area contributed by atoms with Crippen LogP contribution in [0.1, 0.15) is 162 Å². The van der Waals surface area contributed by atoms with Crippen LogP contribution < -0.4 is 4.89 Å². The van der Waals surface area contributed by atoms with Crippen LogP contribution in [0.3, 0.4) is 0 Å². The fraction of sp³-hybridized carbons (Fsp3) is 0.791. The molecule has 0 saturated heterocycles. The summed E-state index contributed by atoms with van der Waals surface area (Å²) in [7, 11) is 1.33. The fourth-order valence-corrected chi connectivity index (χ4v) is 6.11. The smallest absolute Gasteiger partial charge is 0.306 e. The number of carbonyl (C=O) groups excluding carboxylic acids is 1. The normalized spacial score (nSPS) is 14.3. The highest BCUT2D eigenvalue weighted by molar-refractivity contribution is 7.45. The first-order valence-corrected chi connectivity index (χ1v) is 22.3. The number of likely N-dealkylation sites (N-methyl/N-ethyl adjacent to an activating group) is 1. The number of esters is 1. The van der Waals surface area contributed by atoms with Gasteiger partial charge in [0.1, 0.15) is 19.3 Å². The van der Waals surface area contributed by atoms with E-state index in [4.69, 9.17) is 18.5 Å². The Kier molecular flexibility index (Phi) is 35.4. The molecule has 0 aliphatic rings. The van der Waals surface area contributed by atoms with Crippen LogP contribution in [0.4, 0.5) is 0 Å². The number of phosphoric acid groups is 1. The van der Waals surface area contributed by atoms with Gasteiger partial charge in [0.05, 0.1) is 34.4 Å². The molecule has 0 aromatic heterocycles. The minimum Gasteiger partial charge on any atom is -0.756 e. The molecule has 52 heavy (non-hydrogen) atoms. The Morgan fingerprint density at radius 3 is 1.69 bits per heavy atom. The van der Waals surface area contributed by atoms with E-state index in [0.717, 1.165) is 83.5 Å². The van der Waals surface area contributed by atoms with Crippen molar-refractivity contribution in [2.24, 2.45) is 0 Å². The first-order valence-electron chi connectivity index (χ1n) is 20.9. The van der Waals surface area contributed by atoms with Gasteiger partial charge >= 0.3 is 5.97 Å². The van der Waals surface area contributed by atoms with Crippen LogP contribution in [0.5, 0.6) is 0 Å². The Balaban J connectivity index is 4.32. The first-order chi connectivity index (χ1) is 25.1. The Morgan fingerprint density at radius 2 is 1.12 bits per heavy atom. The summed E-state index contributed by atoms with van der Waals surface area (Å²) in [4.78, 5) is 25.0. The molecule has 8 nitrogen and oxygen atoms in total. The largest absolute Gasteiger partial charge is 0.756 e. The van der Waals surface area contributed by atoms with E-state index in [0.29, 0.717) is 24.1 Å². The molecule has 2 atom stereocenters. The lowest BCUT2D eigenvalue weighted by atomic mass is 10.1. The first kappa shape index (κ1) is 50.5. The van der Waals surface area contributed by atoms with E-state index in [1.165, 1.54) is 57.8 Å². The molecule has 0 rings (SSSR count). The summed E-state index contributed by atoms with van der Waals surface area (Å²) in [5.74, 6) is -0.353. The highest BCUT2D eigenvalue weighted by atomic mass is 31.2. The summed E-state index contributed by atoms with van der Waals surface area (Å²) in [6.45, 7) is 5.22. The molecule has 0 amide bonds. The van der Waals surface area contributed by atoms with Crippen LogP contribution in [0.2, 0.25) is 0 Å². The summed E-state index contributed by atoms with van der Waals surface area (Å²) in [6, 6.07) is 0. The quantitative estimate of drug-likeness (QED) is 0.0204. The second kappa shape index (κ2) is 36.4. The second-order valence-corrected chi connectivity index (χ2v) is 16.4. The Morgan fingerprint density at radius 1 is 0.615 bits per heavy atom. The third-order valence-electron chi connectivity index (χ3n) is 8.61. The minimum absolute atomic E-state index is 0.0184. The maximum atomic E-state index is 12.6. The van der Waals surface area contributed by atoms with Crippen molar-refractivity contribution in [2.45, 2.75) is 168 Å². The second-order valence-electron chi connectivity index (χ2n) is 15.0. The standard InChI is InChI=1S/C43H80NO7P/c1-6-8-10-12-14-16-18-20-22-23-24-26-28-30-32-34-36-43(45)51-42(41-50-52(46,47)49-39-37-44(3,4)5)40-48-38-35-33-31-29-27-25-21-19-17-15-13-11-9-7-2/h9,11,15,17,21-23,25,42H,6-8,10,12-14,16,18-20,24,26-41H2,1-5H3/b11-9-,17-15-,23-22-,25-21-. The Bertz CT molecular complexity index is 973. The van der Waals surface area contributed by atoms with E-state index in [9.17, 15) is 14.3 Å². The number of quaternary nitrogens is 1. The van der Waals surface area contributed by atoms with Crippen LogP contribution >= 0.6 is 7.82 Å². The molecule has 0 aromatic rings. The van der Waals surface area contributed by atoms with Gasteiger partial charge in [-0.3, -0.25) is 9.36 Å². The maximum Gasteiger partial charge on any atom is 0.306 e. The van der Waals surface area contributed by atoms with Gasteiger partial charge in [0.2, 0.25) is 0 Å². The Hall–Kier alpha value is -1.54. The van der Waals surface area contributed by atoms with Gasteiger partial charge in [0.25, 0.3) is 7.82 Å².